The highest BCUT2D eigenvalue weighted by atomic mass is 15.0. The molecule has 5 rings (SSSR count). The van der Waals surface area contributed by atoms with Crippen molar-refractivity contribution >= 4 is 0 Å². The lowest BCUT2D eigenvalue weighted by Crippen LogP contribution is -2.51. The summed E-state index contributed by atoms with van der Waals surface area (Å²) in [6, 6.07) is 0.398. The Kier molecular flexibility index (Phi) is 2.66. The third kappa shape index (κ3) is 1.82. The number of aromatic nitrogens is 2. The molecule has 1 unspecified atom stereocenters. The van der Waals surface area contributed by atoms with Gasteiger partial charge in [-0.15, -0.1) is 0 Å². The van der Waals surface area contributed by atoms with E-state index < -0.39 is 0 Å². The van der Waals surface area contributed by atoms with Crippen molar-refractivity contribution in [3.05, 3.63) is 24.3 Å². The highest BCUT2D eigenvalue weighted by molar-refractivity contribution is 5.14. The third-order valence-electron chi connectivity index (χ3n) is 5.87. The monoisotopic (exact) mass is 257 g/mol. The molecular weight excluding hydrogens is 234 g/mol. The van der Waals surface area contributed by atoms with Gasteiger partial charge >= 0.3 is 0 Å². The average molecular weight is 257 g/mol. The number of hydrogen-bond acceptors (Lipinski definition) is 3. The Labute approximate surface area is 115 Å². The lowest BCUT2D eigenvalue weighted by Gasteiger charge is -2.59. The van der Waals surface area contributed by atoms with Gasteiger partial charge in [0, 0.05) is 18.6 Å². The lowest BCUT2D eigenvalue weighted by molar-refractivity contribution is -0.0744. The Morgan fingerprint density at radius 3 is 2.21 bits per heavy atom. The normalized spacial score (nSPS) is 41.4. The summed E-state index contributed by atoms with van der Waals surface area (Å²) in [5.74, 6) is 2.95. The topological polar surface area (TPSA) is 37.8 Å². The molecule has 0 amide bonds. The standard InChI is InChI=1S/C16H23N3/c1-17-15(14-10-18-2-3-19-14)16-7-11-4-12(8-16)6-13(5-11)9-16/h2-3,10-13,15,17H,4-9H2,1H3. The summed E-state index contributed by atoms with van der Waals surface area (Å²) in [4.78, 5) is 8.86. The van der Waals surface area contributed by atoms with Gasteiger partial charge in [0.25, 0.3) is 0 Å². The minimum absolute atomic E-state index is 0.398. The predicted molar refractivity (Wildman–Crippen MR) is 74.4 cm³/mol. The van der Waals surface area contributed by atoms with E-state index in [2.05, 4.69) is 22.3 Å². The molecule has 3 heteroatoms. The molecular formula is C16H23N3. The van der Waals surface area contributed by atoms with Crippen molar-refractivity contribution < 1.29 is 0 Å². The molecule has 1 heterocycles. The first-order valence-electron chi connectivity index (χ1n) is 7.72. The average Bonchev–Trinajstić information content (AvgIpc) is 2.38. The first-order valence-corrected chi connectivity index (χ1v) is 7.72. The Morgan fingerprint density at radius 2 is 1.74 bits per heavy atom. The van der Waals surface area contributed by atoms with E-state index in [9.17, 15) is 0 Å². The zero-order valence-corrected chi connectivity index (χ0v) is 11.7. The molecule has 0 spiro atoms. The second-order valence-corrected chi connectivity index (χ2v) is 7.13. The number of nitrogens with one attached hydrogen (secondary N) is 1. The van der Waals surface area contributed by atoms with Crippen molar-refractivity contribution in [3.8, 4) is 0 Å². The van der Waals surface area contributed by atoms with Gasteiger partial charge in [-0.3, -0.25) is 9.97 Å². The van der Waals surface area contributed by atoms with Crippen molar-refractivity contribution in [1.82, 2.24) is 15.3 Å². The highest BCUT2D eigenvalue weighted by Crippen LogP contribution is 2.63. The third-order valence-corrected chi connectivity index (χ3v) is 5.87. The highest BCUT2D eigenvalue weighted by Gasteiger charge is 2.54. The first kappa shape index (κ1) is 11.8. The molecule has 4 aliphatic carbocycles. The van der Waals surface area contributed by atoms with Gasteiger partial charge in [-0.1, -0.05) is 0 Å². The Bertz CT molecular complexity index is 421. The number of hydrogen-bond donors (Lipinski definition) is 1. The Hall–Kier alpha value is -0.960. The lowest BCUT2D eigenvalue weighted by atomic mass is 9.47. The zero-order valence-electron chi connectivity index (χ0n) is 11.7. The molecule has 0 saturated heterocycles. The van der Waals surface area contributed by atoms with Crippen LogP contribution in [-0.2, 0) is 0 Å². The van der Waals surface area contributed by atoms with Gasteiger partial charge in [0.15, 0.2) is 0 Å². The van der Waals surface area contributed by atoms with Crippen LogP contribution in [0, 0.1) is 23.2 Å². The summed E-state index contributed by atoms with van der Waals surface area (Å²) < 4.78 is 0. The van der Waals surface area contributed by atoms with Gasteiger partial charge in [0.2, 0.25) is 0 Å². The van der Waals surface area contributed by atoms with Crippen LogP contribution in [0.1, 0.15) is 50.3 Å². The molecule has 4 saturated carbocycles. The van der Waals surface area contributed by atoms with E-state index in [0.717, 1.165) is 23.4 Å². The molecule has 0 radical (unpaired) electrons. The van der Waals surface area contributed by atoms with Crippen LogP contribution in [0.2, 0.25) is 0 Å². The molecule has 3 nitrogen and oxygen atoms in total. The minimum Gasteiger partial charge on any atom is -0.311 e. The molecule has 19 heavy (non-hydrogen) atoms. The fourth-order valence-corrected chi connectivity index (χ4v) is 5.76. The Morgan fingerprint density at radius 1 is 1.11 bits per heavy atom. The van der Waals surface area contributed by atoms with E-state index in [1.54, 1.807) is 6.20 Å². The molecule has 1 N–H and O–H groups in total. The summed E-state index contributed by atoms with van der Waals surface area (Å²) in [7, 11) is 2.10. The molecule has 4 fully saturated rings. The largest absolute Gasteiger partial charge is 0.311 e. The quantitative estimate of drug-likeness (QED) is 0.904. The predicted octanol–water partition coefficient (Wildman–Crippen LogP) is 2.95. The molecule has 4 aliphatic rings. The van der Waals surface area contributed by atoms with Crippen molar-refractivity contribution in [2.24, 2.45) is 23.2 Å². The maximum atomic E-state index is 4.58. The van der Waals surface area contributed by atoms with E-state index in [-0.39, 0.29) is 0 Å². The second kappa shape index (κ2) is 4.27. The van der Waals surface area contributed by atoms with Crippen molar-refractivity contribution in [3.63, 3.8) is 0 Å². The van der Waals surface area contributed by atoms with Crippen LogP contribution in [-0.4, -0.2) is 17.0 Å². The van der Waals surface area contributed by atoms with Gasteiger partial charge < -0.3 is 5.32 Å². The smallest absolute Gasteiger partial charge is 0.0761 e. The summed E-state index contributed by atoms with van der Waals surface area (Å²) in [6.07, 6.45) is 14.3. The molecule has 0 aromatic carbocycles. The molecule has 4 bridgehead atoms. The van der Waals surface area contributed by atoms with Crippen LogP contribution in [0.5, 0.6) is 0 Å². The summed E-state index contributed by atoms with van der Waals surface area (Å²) in [5.41, 5.74) is 1.60. The van der Waals surface area contributed by atoms with E-state index in [1.165, 1.54) is 38.5 Å². The van der Waals surface area contributed by atoms with Crippen LogP contribution in [0.25, 0.3) is 0 Å². The number of rotatable bonds is 3. The van der Waals surface area contributed by atoms with Gasteiger partial charge in [-0.25, -0.2) is 0 Å². The first-order chi connectivity index (χ1) is 9.29. The van der Waals surface area contributed by atoms with Crippen molar-refractivity contribution in [2.45, 2.75) is 44.6 Å². The summed E-state index contributed by atoms with van der Waals surface area (Å²) in [6.45, 7) is 0. The Balaban J connectivity index is 1.70. The maximum absolute atomic E-state index is 4.58. The molecule has 1 aromatic rings. The van der Waals surface area contributed by atoms with E-state index in [4.69, 9.17) is 0 Å². The molecule has 0 aliphatic heterocycles. The van der Waals surface area contributed by atoms with E-state index in [1.807, 2.05) is 12.4 Å². The molecule has 1 atom stereocenters. The van der Waals surface area contributed by atoms with Gasteiger partial charge in [-0.05, 0) is 68.7 Å². The van der Waals surface area contributed by atoms with Crippen LogP contribution < -0.4 is 5.32 Å². The van der Waals surface area contributed by atoms with Crippen LogP contribution >= 0.6 is 0 Å². The molecule has 1 aromatic heterocycles. The van der Waals surface area contributed by atoms with Crippen molar-refractivity contribution in [1.29, 1.82) is 0 Å². The van der Waals surface area contributed by atoms with Crippen LogP contribution in [0.15, 0.2) is 18.6 Å². The van der Waals surface area contributed by atoms with E-state index >= 15 is 0 Å². The van der Waals surface area contributed by atoms with Gasteiger partial charge in [0.05, 0.1) is 11.7 Å². The van der Waals surface area contributed by atoms with Gasteiger partial charge in [-0.2, -0.15) is 0 Å². The fraction of sp³-hybridized carbons (Fsp3) is 0.750. The van der Waals surface area contributed by atoms with E-state index in [0.29, 0.717) is 11.5 Å². The number of nitrogens with zero attached hydrogens (tertiary/aromatic N) is 2. The molecule has 102 valence electrons. The second-order valence-electron chi connectivity index (χ2n) is 7.13. The van der Waals surface area contributed by atoms with Crippen LogP contribution in [0.4, 0.5) is 0 Å². The van der Waals surface area contributed by atoms with Crippen molar-refractivity contribution in [2.75, 3.05) is 7.05 Å². The maximum Gasteiger partial charge on any atom is 0.0761 e. The van der Waals surface area contributed by atoms with Gasteiger partial charge in [0.1, 0.15) is 0 Å². The summed E-state index contributed by atoms with van der Waals surface area (Å²) in [5, 5.41) is 3.57. The zero-order chi connectivity index (χ0) is 12.9. The minimum atomic E-state index is 0.398. The van der Waals surface area contributed by atoms with Crippen LogP contribution in [0.3, 0.4) is 0 Å². The fourth-order valence-electron chi connectivity index (χ4n) is 5.76. The summed E-state index contributed by atoms with van der Waals surface area (Å²) >= 11 is 0. The SMILES string of the molecule is CNC(c1cnccn1)C12CC3CC(CC(C3)C1)C2.